The molecule has 8 aromatic carbocycles. The quantitative estimate of drug-likeness (QED) is 0.185. The van der Waals surface area contributed by atoms with E-state index in [4.69, 9.17) is 19.4 Å². The van der Waals surface area contributed by atoms with Crippen LogP contribution in [0.15, 0.2) is 168 Å². The molecule has 0 atom stereocenters. The second-order valence-corrected chi connectivity index (χ2v) is 14.1. The highest BCUT2D eigenvalue weighted by Crippen LogP contribution is 2.43. The van der Waals surface area contributed by atoms with E-state index in [1.807, 2.05) is 18.2 Å². The molecule has 5 heteroatoms. The smallest absolute Gasteiger partial charge is 0.165 e. The molecule has 11 rings (SSSR count). The Kier molecular flexibility index (Phi) is 6.39. The van der Waals surface area contributed by atoms with Gasteiger partial charge in [0.05, 0.1) is 0 Å². The number of benzene rings is 8. The van der Waals surface area contributed by atoms with E-state index >= 15 is 0 Å². The molecule has 3 heterocycles. The molecule has 0 aliphatic carbocycles. The number of hydrogen-bond donors (Lipinski definition) is 0. The molecule has 0 aliphatic heterocycles. The standard InChI is InChI=1S/C47H27N3OS/c1-2-14-29-28(12-1)13-7-22-36(29)45-48-46(50-47(49-45)39-24-10-21-35-33-15-4-6-27-42(33)52-44(35)39)37-23-9-17-30-31(18-8-19-32(30)37)34-20-11-26-41-43(34)38-16-3-5-25-40(38)51-41/h1-27H. The summed E-state index contributed by atoms with van der Waals surface area (Å²) in [6.45, 7) is 0. The molecule has 242 valence electrons. The molecule has 0 fully saturated rings. The first-order valence-corrected chi connectivity index (χ1v) is 18.2. The highest BCUT2D eigenvalue weighted by molar-refractivity contribution is 7.26. The molecule has 0 amide bonds. The number of fused-ring (bicyclic) bond motifs is 8. The average Bonchev–Trinajstić information content (AvgIpc) is 3.79. The molecule has 0 bridgehead atoms. The molecule has 0 spiro atoms. The number of thiophene rings is 1. The molecule has 0 radical (unpaired) electrons. The molecule has 11 aromatic rings. The molecular weight excluding hydrogens is 655 g/mol. The van der Waals surface area contributed by atoms with Gasteiger partial charge in [-0.25, -0.2) is 15.0 Å². The van der Waals surface area contributed by atoms with E-state index in [9.17, 15) is 0 Å². The van der Waals surface area contributed by atoms with E-state index in [2.05, 4.69) is 146 Å². The van der Waals surface area contributed by atoms with Crippen LogP contribution >= 0.6 is 11.3 Å². The van der Waals surface area contributed by atoms with Crippen molar-refractivity contribution in [1.29, 1.82) is 0 Å². The summed E-state index contributed by atoms with van der Waals surface area (Å²) in [6.07, 6.45) is 0. The Morgan fingerprint density at radius 3 is 1.67 bits per heavy atom. The number of rotatable bonds is 4. The lowest BCUT2D eigenvalue weighted by atomic mass is 9.93. The van der Waals surface area contributed by atoms with Crippen LogP contribution in [0.2, 0.25) is 0 Å². The van der Waals surface area contributed by atoms with Crippen LogP contribution in [-0.4, -0.2) is 15.0 Å². The largest absolute Gasteiger partial charge is 0.456 e. The van der Waals surface area contributed by atoms with Gasteiger partial charge in [-0.05, 0) is 56.9 Å². The van der Waals surface area contributed by atoms with Crippen LogP contribution in [0.1, 0.15) is 0 Å². The van der Waals surface area contributed by atoms with Gasteiger partial charge in [0.1, 0.15) is 11.2 Å². The Hall–Kier alpha value is -6.69. The van der Waals surface area contributed by atoms with Gasteiger partial charge in [-0.15, -0.1) is 11.3 Å². The SMILES string of the molecule is c1ccc2c(-c3nc(-c4cccc5c(-c6cccc7oc8ccccc8c67)cccc45)nc(-c4cccc5c4sc4ccccc45)n3)cccc2c1. The fourth-order valence-corrected chi connectivity index (χ4v) is 9.03. The molecule has 3 aromatic heterocycles. The van der Waals surface area contributed by atoms with Gasteiger partial charge in [-0.2, -0.15) is 0 Å². The molecule has 4 nitrogen and oxygen atoms in total. The van der Waals surface area contributed by atoms with Crippen molar-refractivity contribution in [3.05, 3.63) is 164 Å². The van der Waals surface area contributed by atoms with Gasteiger partial charge < -0.3 is 4.42 Å². The molecule has 0 unspecified atom stereocenters. The van der Waals surface area contributed by atoms with Crippen LogP contribution < -0.4 is 0 Å². The zero-order valence-corrected chi connectivity index (χ0v) is 28.6. The van der Waals surface area contributed by atoms with Crippen LogP contribution in [0.3, 0.4) is 0 Å². The Morgan fingerprint density at radius 1 is 0.346 bits per heavy atom. The van der Waals surface area contributed by atoms with E-state index in [0.717, 1.165) is 71.3 Å². The van der Waals surface area contributed by atoms with Gasteiger partial charge in [0, 0.05) is 47.6 Å². The predicted octanol–water partition coefficient (Wildman–Crippen LogP) is 13.1. The van der Waals surface area contributed by atoms with Crippen LogP contribution in [0, 0.1) is 0 Å². The van der Waals surface area contributed by atoms with Crippen molar-refractivity contribution in [3.8, 4) is 45.3 Å². The highest BCUT2D eigenvalue weighted by Gasteiger charge is 2.20. The van der Waals surface area contributed by atoms with E-state index in [-0.39, 0.29) is 0 Å². The monoisotopic (exact) mass is 681 g/mol. The first kappa shape index (κ1) is 29.1. The van der Waals surface area contributed by atoms with Crippen LogP contribution in [-0.2, 0) is 0 Å². The highest BCUT2D eigenvalue weighted by atomic mass is 32.1. The van der Waals surface area contributed by atoms with Gasteiger partial charge in [0.25, 0.3) is 0 Å². The minimum absolute atomic E-state index is 0.640. The van der Waals surface area contributed by atoms with Crippen molar-refractivity contribution in [1.82, 2.24) is 15.0 Å². The third-order valence-electron chi connectivity index (χ3n) is 10.2. The summed E-state index contributed by atoms with van der Waals surface area (Å²) in [5.41, 5.74) is 6.97. The Labute approximate surface area is 302 Å². The number of furan rings is 1. The lowest BCUT2D eigenvalue weighted by molar-refractivity contribution is 0.669. The molecule has 0 N–H and O–H groups in total. The van der Waals surface area contributed by atoms with Crippen molar-refractivity contribution >= 4 is 75.0 Å². The first-order valence-electron chi connectivity index (χ1n) is 17.4. The first-order chi connectivity index (χ1) is 25.8. The maximum atomic E-state index is 6.28. The van der Waals surface area contributed by atoms with E-state index < -0.39 is 0 Å². The molecule has 52 heavy (non-hydrogen) atoms. The second-order valence-electron chi connectivity index (χ2n) is 13.1. The van der Waals surface area contributed by atoms with Crippen molar-refractivity contribution < 1.29 is 4.42 Å². The van der Waals surface area contributed by atoms with E-state index in [0.29, 0.717) is 17.5 Å². The number of nitrogens with zero attached hydrogens (tertiary/aromatic N) is 3. The summed E-state index contributed by atoms with van der Waals surface area (Å²) in [5, 5.41) is 9.13. The molecule has 0 saturated heterocycles. The zero-order chi connectivity index (χ0) is 34.2. The minimum atomic E-state index is 0.640. The maximum absolute atomic E-state index is 6.28. The van der Waals surface area contributed by atoms with Crippen molar-refractivity contribution in [2.45, 2.75) is 0 Å². The van der Waals surface area contributed by atoms with Gasteiger partial charge >= 0.3 is 0 Å². The van der Waals surface area contributed by atoms with Crippen molar-refractivity contribution in [2.24, 2.45) is 0 Å². The fourth-order valence-electron chi connectivity index (χ4n) is 7.82. The summed E-state index contributed by atoms with van der Waals surface area (Å²) in [7, 11) is 0. The Balaban J connectivity index is 1.18. The van der Waals surface area contributed by atoms with Gasteiger partial charge in [0.15, 0.2) is 17.5 Å². The molecular formula is C47H27N3OS. The third-order valence-corrected chi connectivity index (χ3v) is 11.4. The topological polar surface area (TPSA) is 51.8 Å². The normalized spacial score (nSPS) is 11.8. The number of hydrogen-bond acceptors (Lipinski definition) is 5. The molecule has 0 aliphatic rings. The number of para-hydroxylation sites is 1. The number of aromatic nitrogens is 3. The summed E-state index contributed by atoms with van der Waals surface area (Å²) in [5.74, 6) is 1.95. The molecule has 0 saturated carbocycles. The maximum Gasteiger partial charge on any atom is 0.165 e. The summed E-state index contributed by atoms with van der Waals surface area (Å²) >= 11 is 1.79. The van der Waals surface area contributed by atoms with Crippen LogP contribution in [0.5, 0.6) is 0 Å². The fraction of sp³-hybridized carbons (Fsp3) is 0. The Morgan fingerprint density at radius 2 is 0.846 bits per heavy atom. The summed E-state index contributed by atoms with van der Waals surface area (Å²) < 4.78 is 8.70. The van der Waals surface area contributed by atoms with Gasteiger partial charge in [0.2, 0.25) is 0 Å². The van der Waals surface area contributed by atoms with Crippen molar-refractivity contribution in [2.75, 3.05) is 0 Å². The third kappa shape index (κ3) is 4.43. The Bertz CT molecular complexity index is 3210. The minimum Gasteiger partial charge on any atom is -0.456 e. The van der Waals surface area contributed by atoms with Crippen LogP contribution in [0.25, 0.3) is 109 Å². The van der Waals surface area contributed by atoms with Crippen molar-refractivity contribution in [3.63, 3.8) is 0 Å². The summed E-state index contributed by atoms with van der Waals surface area (Å²) in [6, 6.07) is 57.3. The predicted molar refractivity (Wildman–Crippen MR) is 217 cm³/mol. The zero-order valence-electron chi connectivity index (χ0n) is 27.7. The second kappa shape index (κ2) is 11.4. The summed E-state index contributed by atoms with van der Waals surface area (Å²) in [4.78, 5) is 15.8. The lowest BCUT2D eigenvalue weighted by Crippen LogP contribution is -2.01. The lowest BCUT2D eigenvalue weighted by Gasteiger charge is -2.14. The van der Waals surface area contributed by atoms with Crippen LogP contribution in [0.4, 0.5) is 0 Å². The average molecular weight is 682 g/mol. The van der Waals surface area contributed by atoms with Gasteiger partial charge in [-0.3, -0.25) is 0 Å². The van der Waals surface area contributed by atoms with Gasteiger partial charge in [-0.1, -0.05) is 140 Å². The van der Waals surface area contributed by atoms with E-state index in [1.54, 1.807) is 11.3 Å². The van der Waals surface area contributed by atoms with E-state index in [1.165, 1.54) is 20.2 Å².